The Kier molecular flexibility index (Phi) is 7.54. The zero-order valence-electron chi connectivity index (χ0n) is 21.2. The molecule has 7 nitrogen and oxygen atoms in total. The second kappa shape index (κ2) is 10.6. The molecule has 2 amide bonds. The summed E-state index contributed by atoms with van der Waals surface area (Å²) >= 11 is 5.44. The number of thiocarbonyl (C=S) groups is 1. The molecule has 0 radical (unpaired) electrons. The average Bonchev–Trinajstić information content (AvgIpc) is 3.28. The Bertz CT molecular complexity index is 1250. The van der Waals surface area contributed by atoms with E-state index in [0.717, 1.165) is 30.5 Å². The fourth-order valence-corrected chi connectivity index (χ4v) is 4.68. The first kappa shape index (κ1) is 25.6. The van der Waals surface area contributed by atoms with E-state index in [1.54, 1.807) is 18.3 Å². The Morgan fingerprint density at radius 3 is 2.47 bits per heavy atom. The van der Waals surface area contributed by atoms with Gasteiger partial charge in [0.2, 0.25) is 0 Å². The van der Waals surface area contributed by atoms with Crippen molar-refractivity contribution in [1.29, 1.82) is 0 Å². The summed E-state index contributed by atoms with van der Waals surface area (Å²) in [5, 5.41) is 6.04. The summed E-state index contributed by atoms with van der Waals surface area (Å²) in [6, 6.07) is 14.9. The van der Waals surface area contributed by atoms with E-state index >= 15 is 0 Å². The number of hydrogen-bond acceptors (Lipinski definition) is 4. The maximum Gasteiger partial charge on any atom is 0.257 e. The Morgan fingerprint density at radius 2 is 1.81 bits per heavy atom. The Morgan fingerprint density at radius 1 is 1.06 bits per heavy atom. The van der Waals surface area contributed by atoms with Crippen molar-refractivity contribution >= 4 is 35.0 Å². The lowest BCUT2D eigenvalue weighted by Gasteiger charge is -2.35. The van der Waals surface area contributed by atoms with Gasteiger partial charge in [0, 0.05) is 30.0 Å². The number of hydrogen-bond donors (Lipinski definition) is 2. The number of carbonyl (C=O) groups excluding carboxylic acids is 2. The van der Waals surface area contributed by atoms with Gasteiger partial charge in [-0.1, -0.05) is 23.8 Å². The summed E-state index contributed by atoms with van der Waals surface area (Å²) < 4.78 is 1.98. The molecular weight excluding hydrogens is 470 g/mol. The number of piperidine rings is 1. The van der Waals surface area contributed by atoms with Crippen molar-refractivity contribution < 1.29 is 9.59 Å². The number of anilines is 1. The number of nitrogens with zero attached hydrogens (tertiary/aromatic N) is 3. The molecule has 3 heterocycles. The second-order valence-corrected chi connectivity index (χ2v) is 10.6. The highest BCUT2D eigenvalue weighted by molar-refractivity contribution is 7.80. The first-order chi connectivity index (χ1) is 17.1. The summed E-state index contributed by atoms with van der Waals surface area (Å²) in [6.45, 7) is 8.82. The quantitative estimate of drug-likeness (QED) is 0.464. The number of benzene rings is 1. The molecule has 1 aliphatic heterocycles. The van der Waals surface area contributed by atoms with Gasteiger partial charge in [-0.15, -0.1) is 0 Å². The molecule has 0 spiro atoms. The zero-order valence-corrected chi connectivity index (χ0v) is 22.1. The number of pyridine rings is 1. The van der Waals surface area contributed by atoms with E-state index in [1.807, 2.05) is 59.0 Å². The van der Waals surface area contributed by atoms with Crippen LogP contribution in [0, 0.1) is 6.92 Å². The first-order valence-corrected chi connectivity index (χ1v) is 12.7. The van der Waals surface area contributed by atoms with Gasteiger partial charge >= 0.3 is 0 Å². The number of amides is 2. The monoisotopic (exact) mass is 503 g/mol. The lowest BCUT2D eigenvalue weighted by molar-refractivity contribution is 0.0605. The third-order valence-electron chi connectivity index (χ3n) is 6.36. The third kappa shape index (κ3) is 5.82. The van der Waals surface area contributed by atoms with Gasteiger partial charge in [0.25, 0.3) is 11.8 Å². The van der Waals surface area contributed by atoms with Crippen molar-refractivity contribution in [2.24, 2.45) is 0 Å². The van der Waals surface area contributed by atoms with E-state index < -0.39 is 0 Å². The van der Waals surface area contributed by atoms with Crippen LogP contribution in [0.15, 0.2) is 60.9 Å². The number of aryl methyl sites for hydroxylation is 1. The van der Waals surface area contributed by atoms with Crippen LogP contribution >= 0.6 is 12.2 Å². The first-order valence-electron chi connectivity index (χ1n) is 12.3. The molecule has 4 rings (SSSR count). The molecule has 36 heavy (non-hydrogen) atoms. The van der Waals surface area contributed by atoms with E-state index in [-0.39, 0.29) is 28.5 Å². The predicted octanol–water partition coefficient (Wildman–Crippen LogP) is 5.44. The Labute approximate surface area is 217 Å². The minimum atomic E-state index is -0.320. The SMILES string of the molecule is Cc1ccc(C(=O)NC(=S)Nc2cc(C(=O)N3CCCCC3c3ccccn3)cn2C(C)(C)C)cc1. The maximum absolute atomic E-state index is 13.7. The summed E-state index contributed by atoms with van der Waals surface area (Å²) in [6.07, 6.45) is 6.56. The number of nitrogens with one attached hydrogen (secondary N) is 2. The van der Waals surface area contributed by atoms with Gasteiger partial charge in [-0.2, -0.15) is 0 Å². The Hall–Kier alpha value is -3.52. The summed E-state index contributed by atoms with van der Waals surface area (Å²) in [5.41, 5.74) is 2.77. The van der Waals surface area contributed by atoms with Crippen molar-refractivity contribution in [2.45, 2.75) is 58.5 Å². The lowest BCUT2D eigenvalue weighted by Crippen LogP contribution is -2.38. The van der Waals surface area contributed by atoms with Gasteiger partial charge in [0.15, 0.2) is 5.11 Å². The van der Waals surface area contributed by atoms with Crippen LogP contribution in [0.2, 0.25) is 0 Å². The van der Waals surface area contributed by atoms with Crippen LogP contribution in [-0.4, -0.2) is 37.9 Å². The van der Waals surface area contributed by atoms with Crippen molar-refractivity contribution in [3.05, 3.63) is 83.3 Å². The van der Waals surface area contributed by atoms with Crippen LogP contribution in [-0.2, 0) is 5.54 Å². The van der Waals surface area contributed by atoms with Crippen molar-refractivity contribution in [1.82, 2.24) is 19.8 Å². The van der Waals surface area contributed by atoms with Crippen molar-refractivity contribution in [2.75, 3.05) is 11.9 Å². The van der Waals surface area contributed by atoms with Gasteiger partial charge in [-0.05, 0) is 89.5 Å². The van der Waals surface area contributed by atoms with Crippen LogP contribution in [0.5, 0.6) is 0 Å². The number of carbonyl (C=O) groups is 2. The molecule has 2 aromatic heterocycles. The normalized spacial score (nSPS) is 15.9. The third-order valence-corrected chi connectivity index (χ3v) is 6.57. The molecule has 188 valence electrons. The standard InChI is InChI=1S/C28H33N5O2S/c1-19-11-13-20(14-12-19)25(34)31-27(36)30-24-17-21(18-33(24)28(2,3)4)26(35)32-16-8-6-10-23(32)22-9-5-7-15-29-22/h5,7,9,11-15,17-18,23H,6,8,10,16H2,1-4H3,(H2,30,31,34,36). The van der Waals surface area contributed by atoms with Crippen LogP contribution in [0.1, 0.15) is 78.0 Å². The van der Waals surface area contributed by atoms with E-state index in [9.17, 15) is 9.59 Å². The molecule has 8 heteroatoms. The van der Waals surface area contributed by atoms with E-state index in [4.69, 9.17) is 12.2 Å². The van der Waals surface area contributed by atoms with E-state index in [0.29, 0.717) is 23.5 Å². The van der Waals surface area contributed by atoms with Gasteiger partial charge in [0.05, 0.1) is 17.3 Å². The smallest absolute Gasteiger partial charge is 0.257 e. The molecule has 2 N–H and O–H groups in total. The summed E-state index contributed by atoms with van der Waals surface area (Å²) in [4.78, 5) is 32.8. The van der Waals surface area contributed by atoms with E-state index in [2.05, 4.69) is 36.4 Å². The fraction of sp³-hybridized carbons (Fsp3) is 0.357. The molecule has 0 saturated carbocycles. The lowest BCUT2D eigenvalue weighted by atomic mass is 9.98. The van der Waals surface area contributed by atoms with Crippen molar-refractivity contribution in [3.8, 4) is 0 Å². The predicted molar refractivity (Wildman–Crippen MR) is 146 cm³/mol. The molecular formula is C28H33N5O2S. The minimum Gasteiger partial charge on any atom is -0.330 e. The van der Waals surface area contributed by atoms with E-state index in [1.165, 1.54) is 0 Å². The highest BCUT2D eigenvalue weighted by Crippen LogP contribution is 2.32. The Balaban J connectivity index is 1.55. The molecule has 0 aliphatic carbocycles. The maximum atomic E-state index is 13.7. The van der Waals surface area contributed by atoms with Crippen LogP contribution < -0.4 is 10.6 Å². The second-order valence-electron chi connectivity index (χ2n) is 10.2. The van der Waals surface area contributed by atoms with Gasteiger partial charge in [-0.3, -0.25) is 19.9 Å². The highest BCUT2D eigenvalue weighted by atomic mass is 32.1. The molecule has 1 saturated heterocycles. The fourth-order valence-electron chi connectivity index (χ4n) is 4.48. The molecule has 1 aliphatic rings. The zero-order chi connectivity index (χ0) is 25.9. The summed E-state index contributed by atoms with van der Waals surface area (Å²) in [5.74, 6) is 0.321. The molecule has 3 aromatic rings. The van der Waals surface area contributed by atoms with Crippen LogP contribution in [0.25, 0.3) is 0 Å². The van der Waals surface area contributed by atoms with Crippen molar-refractivity contribution in [3.63, 3.8) is 0 Å². The highest BCUT2D eigenvalue weighted by Gasteiger charge is 2.31. The molecule has 1 fully saturated rings. The van der Waals surface area contributed by atoms with Gasteiger partial charge in [-0.25, -0.2) is 0 Å². The van der Waals surface area contributed by atoms with Gasteiger partial charge in [0.1, 0.15) is 5.82 Å². The molecule has 1 unspecified atom stereocenters. The number of aromatic nitrogens is 2. The molecule has 1 aromatic carbocycles. The number of rotatable bonds is 4. The van der Waals surface area contributed by atoms with Gasteiger partial charge < -0.3 is 14.8 Å². The largest absolute Gasteiger partial charge is 0.330 e. The average molecular weight is 504 g/mol. The number of likely N-dealkylation sites (tertiary alicyclic amines) is 1. The molecule has 0 bridgehead atoms. The summed E-state index contributed by atoms with van der Waals surface area (Å²) in [7, 11) is 0. The molecule has 1 atom stereocenters. The van der Waals surface area contributed by atoms with Crippen LogP contribution in [0.3, 0.4) is 0 Å². The van der Waals surface area contributed by atoms with Crippen LogP contribution in [0.4, 0.5) is 5.82 Å². The minimum absolute atomic E-state index is 0.0361. The topological polar surface area (TPSA) is 79.3 Å².